The Bertz CT molecular complexity index is 356. The second-order valence-corrected chi connectivity index (χ2v) is 4.84. The first-order valence-electron chi connectivity index (χ1n) is 5.34. The highest BCUT2D eigenvalue weighted by Gasteiger charge is 2.18. The van der Waals surface area contributed by atoms with Gasteiger partial charge in [0.15, 0.2) is 0 Å². The number of rotatable bonds is 2. The third kappa shape index (κ3) is 3.12. The summed E-state index contributed by atoms with van der Waals surface area (Å²) in [5, 5.41) is 0. The van der Waals surface area contributed by atoms with E-state index < -0.39 is 0 Å². The van der Waals surface area contributed by atoms with E-state index in [-0.39, 0.29) is 5.41 Å². The van der Waals surface area contributed by atoms with Crippen molar-refractivity contribution in [2.75, 3.05) is 0 Å². The van der Waals surface area contributed by atoms with Crippen LogP contribution in [0.15, 0.2) is 30.5 Å². The Morgan fingerprint density at radius 2 is 1.87 bits per heavy atom. The Kier molecular flexibility index (Phi) is 3.57. The Labute approximate surface area is 92.8 Å². The van der Waals surface area contributed by atoms with Crippen LogP contribution < -0.4 is 4.74 Å². The van der Waals surface area contributed by atoms with Crippen molar-refractivity contribution in [2.24, 2.45) is 0 Å². The molecule has 82 valence electrons. The fraction of sp³-hybridized carbons (Fsp3) is 0.429. The summed E-state index contributed by atoms with van der Waals surface area (Å²) in [6.07, 6.45) is 3.62. The molecule has 0 fully saturated rings. The number of hydrogen-bond donors (Lipinski definition) is 0. The van der Waals surface area contributed by atoms with E-state index in [2.05, 4.69) is 39.8 Å². The predicted molar refractivity (Wildman–Crippen MR) is 65.3 cm³/mol. The first-order chi connectivity index (χ1) is 6.95. The molecule has 0 radical (unpaired) electrons. The molecule has 0 aliphatic rings. The third-order valence-corrected chi connectivity index (χ3v) is 2.27. The molecule has 0 aromatic heterocycles. The van der Waals surface area contributed by atoms with Gasteiger partial charge in [-0.2, -0.15) is 0 Å². The molecule has 0 saturated heterocycles. The molecule has 0 amide bonds. The van der Waals surface area contributed by atoms with E-state index in [0.29, 0.717) is 0 Å². The summed E-state index contributed by atoms with van der Waals surface area (Å²) in [6.45, 7) is 10.7. The van der Waals surface area contributed by atoms with Gasteiger partial charge < -0.3 is 4.74 Å². The van der Waals surface area contributed by atoms with Gasteiger partial charge in [0.05, 0.1) is 6.26 Å². The maximum atomic E-state index is 5.59. The minimum Gasteiger partial charge on any atom is -0.465 e. The first-order valence-corrected chi connectivity index (χ1v) is 5.34. The second kappa shape index (κ2) is 4.52. The Morgan fingerprint density at radius 1 is 1.20 bits per heavy atom. The molecule has 0 aliphatic heterocycles. The molecule has 0 heterocycles. The van der Waals surface area contributed by atoms with Gasteiger partial charge >= 0.3 is 0 Å². The van der Waals surface area contributed by atoms with E-state index in [9.17, 15) is 0 Å². The maximum absolute atomic E-state index is 5.59. The number of hydrogen-bond acceptors (Lipinski definition) is 1. The lowest BCUT2D eigenvalue weighted by atomic mass is 9.85. The highest BCUT2D eigenvalue weighted by molar-refractivity contribution is 5.41. The van der Waals surface area contributed by atoms with Gasteiger partial charge in [0.2, 0.25) is 0 Å². The van der Waals surface area contributed by atoms with Gasteiger partial charge in [0.1, 0.15) is 5.75 Å². The fourth-order valence-electron chi connectivity index (χ4n) is 1.47. The molecule has 0 bridgehead atoms. The lowest BCUT2D eigenvalue weighted by Gasteiger charge is -2.22. The van der Waals surface area contributed by atoms with Gasteiger partial charge in [-0.1, -0.05) is 44.5 Å². The zero-order valence-corrected chi connectivity index (χ0v) is 10.3. The SMILES string of the molecule is C/C=C\Oc1ccc(C)cc1C(C)(C)C. The van der Waals surface area contributed by atoms with Crippen molar-refractivity contribution in [3.8, 4) is 5.75 Å². The van der Waals surface area contributed by atoms with Crippen LogP contribution in [0.5, 0.6) is 5.75 Å². The lowest BCUT2D eigenvalue weighted by molar-refractivity contribution is 0.453. The largest absolute Gasteiger partial charge is 0.465 e. The van der Waals surface area contributed by atoms with Crippen LogP contribution >= 0.6 is 0 Å². The predicted octanol–water partition coefficient (Wildman–Crippen LogP) is 4.20. The molecule has 0 saturated carbocycles. The highest BCUT2D eigenvalue weighted by Crippen LogP contribution is 2.32. The molecule has 0 N–H and O–H groups in total. The topological polar surface area (TPSA) is 9.23 Å². The molecule has 1 rings (SSSR count). The van der Waals surface area contributed by atoms with Gasteiger partial charge in [-0.3, -0.25) is 0 Å². The average molecular weight is 204 g/mol. The number of aryl methyl sites for hydroxylation is 1. The minimum absolute atomic E-state index is 0.114. The lowest BCUT2D eigenvalue weighted by Crippen LogP contribution is -2.12. The van der Waals surface area contributed by atoms with Crippen molar-refractivity contribution in [1.29, 1.82) is 0 Å². The van der Waals surface area contributed by atoms with Gasteiger partial charge in [-0.25, -0.2) is 0 Å². The van der Waals surface area contributed by atoms with E-state index in [4.69, 9.17) is 4.74 Å². The molecule has 1 nitrogen and oxygen atoms in total. The summed E-state index contributed by atoms with van der Waals surface area (Å²) in [5.74, 6) is 0.950. The summed E-state index contributed by atoms with van der Waals surface area (Å²) >= 11 is 0. The molecule has 1 aromatic carbocycles. The smallest absolute Gasteiger partial charge is 0.130 e. The molecule has 0 unspecified atom stereocenters. The fourth-order valence-corrected chi connectivity index (χ4v) is 1.47. The van der Waals surface area contributed by atoms with E-state index >= 15 is 0 Å². The summed E-state index contributed by atoms with van der Waals surface area (Å²) in [6, 6.07) is 6.31. The van der Waals surface area contributed by atoms with Gasteiger partial charge in [-0.15, -0.1) is 0 Å². The molecule has 1 heteroatoms. The van der Waals surface area contributed by atoms with E-state index in [1.807, 2.05) is 19.1 Å². The monoisotopic (exact) mass is 204 g/mol. The van der Waals surface area contributed by atoms with Gasteiger partial charge in [-0.05, 0) is 25.3 Å². The van der Waals surface area contributed by atoms with Crippen molar-refractivity contribution in [3.05, 3.63) is 41.7 Å². The number of ether oxygens (including phenoxy) is 1. The van der Waals surface area contributed by atoms with Crippen molar-refractivity contribution in [3.63, 3.8) is 0 Å². The Balaban J connectivity index is 3.14. The molecule has 15 heavy (non-hydrogen) atoms. The van der Waals surface area contributed by atoms with Crippen LogP contribution in [0.3, 0.4) is 0 Å². The summed E-state index contributed by atoms with van der Waals surface area (Å²) in [5.41, 5.74) is 2.64. The van der Waals surface area contributed by atoms with E-state index in [1.165, 1.54) is 11.1 Å². The summed E-state index contributed by atoms with van der Waals surface area (Å²) in [7, 11) is 0. The first kappa shape index (κ1) is 11.8. The van der Waals surface area contributed by atoms with Crippen molar-refractivity contribution in [2.45, 2.75) is 40.0 Å². The molecular weight excluding hydrogens is 184 g/mol. The van der Waals surface area contributed by atoms with Crippen LogP contribution in [0, 0.1) is 6.92 Å². The average Bonchev–Trinajstić information content (AvgIpc) is 2.14. The molecule has 0 aliphatic carbocycles. The highest BCUT2D eigenvalue weighted by atomic mass is 16.5. The van der Waals surface area contributed by atoms with Gasteiger partial charge in [0.25, 0.3) is 0 Å². The molecule has 0 spiro atoms. The summed E-state index contributed by atoms with van der Waals surface area (Å²) in [4.78, 5) is 0. The van der Waals surface area contributed by atoms with Crippen molar-refractivity contribution in [1.82, 2.24) is 0 Å². The third-order valence-electron chi connectivity index (χ3n) is 2.27. The van der Waals surface area contributed by atoms with Crippen LogP contribution in [0.25, 0.3) is 0 Å². The standard InChI is InChI=1S/C14H20O/c1-6-9-15-13-8-7-11(2)10-12(13)14(3,4)5/h6-10H,1-5H3/b9-6-. The van der Waals surface area contributed by atoms with Crippen LogP contribution in [0.4, 0.5) is 0 Å². The molecule has 1 aromatic rings. The zero-order chi connectivity index (χ0) is 11.5. The van der Waals surface area contributed by atoms with Crippen LogP contribution in [-0.2, 0) is 5.41 Å². The van der Waals surface area contributed by atoms with Crippen molar-refractivity contribution >= 4 is 0 Å². The second-order valence-electron chi connectivity index (χ2n) is 4.84. The number of benzene rings is 1. The molecular formula is C14H20O. The van der Waals surface area contributed by atoms with Crippen LogP contribution in [0.2, 0.25) is 0 Å². The van der Waals surface area contributed by atoms with E-state index in [1.54, 1.807) is 6.26 Å². The maximum Gasteiger partial charge on any atom is 0.130 e. The van der Waals surface area contributed by atoms with Gasteiger partial charge in [0, 0.05) is 5.56 Å². The van der Waals surface area contributed by atoms with E-state index in [0.717, 1.165) is 5.75 Å². The zero-order valence-electron chi connectivity index (χ0n) is 10.3. The van der Waals surface area contributed by atoms with Crippen LogP contribution in [0.1, 0.15) is 38.8 Å². The summed E-state index contributed by atoms with van der Waals surface area (Å²) < 4.78 is 5.59. The minimum atomic E-state index is 0.114. The number of allylic oxidation sites excluding steroid dienone is 1. The molecule has 0 atom stereocenters. The van der Waals surface area contributed by atoms with Crippen LogP contribution in [-0.4, -0.2) is 0 Å². The Hall–Kier alpha value is -1.24. The Morgan fingerprint density at radius 3 is 2.40 bits per heavy atom. The van der Waals surface area contributed by atoms with Crippen molar-refractivity contribution < 1.29 is 4.74 Å². The normalized spacial score (nSPS) is 12.1. The quantitative estimate of drug-likeness (QED) is 0.656.